The van der Waals surface area contributed by atoms with Crippen LogP contribution in [0.5, 0.6) is 0 Å². The molecular formula is C12H18N4O2. The van der Waals surface area contributed by atoms with E-state index < -0.39 is 6.10 Å². The summed E-state index contributed by atoms with van der Waals surface area (Å²) in [6, 6.07) is 3.69. The monoisotopic (exact) mass is 250 g/mol. The van der Waals surface area contributed by atoms with Crippen LogP contribution in [0.1, 0.15) is 0 Å². The maximum Gasteiger partial charge on any atom is 0.255 e. The minimum Gasteiger partial charge on any atom is -0.376 e. The third kappa shape index (κ3) is 3.18. The number of hydrogen-bond donors (Lipinski definition) is 2. The van der Waals surface area contributed by atoms with E-state index in [4.69, 9.17) is 4.74 Å². The SMILES string of the molecule is CN(C)c1ccc(NC(=O)C2CNCCO2)nc1. The zero-order chi connectivity index (χ0) is 13.0. The molecule has 1 saturated heterocycles. The molecule has 1 atom stereocenters. The Morgan fingerprint density at radius 1 is 1.56 bits per heavy atom. The zero-order valence-corrected chi connectivity index (χ0v) is 10.6. The standard InChI is InChI=1S/C12H18N4O2/c1-16(2)9-3-4-11(14-7-9)15-12(17)10-8-13-5-6-18-10/h3-4,7,10,13H,5-6,8H2,1-2H3,(H,14,15,17). The smallest absolute Gasteiger partial charge is 0.255 e. The van der Waals surface area contributed by atoms with Gasteiger partial charge in [0.25, 0.3) is 5.91 Å². The van der Waals surface area contributed by atoms with Gasteiger partial charge in [-0.1, -0.05) is 0 Å². The largest absolute Gasteiger partial charge is 0.376 e. The van der Waals surface area contributed by atoms with Crippen molar-refractivity contribution in [2.75, 3.05) is 44.0 Å². The van der Waals surface area contributed by atoms with E-state index in [0.29, 0.717) is 19.0 Å². The quantitative estimate of drug-likeness (QED) is 0.795. The molecule has 98 valence electrons. The second-order valence-electron chi connectivity index (χ2n) is 4.35. The van der Waals surface area contributed by atoms with Crippen molar-refractivity contribution in [3.8, 4) is 0 Å². The summed E-state index contributed by atoms with van der Waals surface area (Å²) in [7, 11) is 3.88. The van der Waals surface area contributed by atoms with E-state index in [1.807, 2.05) is 25.1 Å². The van der Waals surface area contributed by atoms with Crippen molar-refractivity contribution < 1.29 is 9.53 Å². The van der Waals surface area contributed by atoms with E-state index in [1.54, 1.807) is 12.3 Å². The van der Waals surface area contributed by atoms with Crippen LogP contribution in [0.4, 0.5) is 11.5 Å². The maximum atomic E-state index is 11.9. The Morgan fingerprint density at radius 3 is 2.94 bits per heavy atom. The average molecular weight is 250 g/mol. The Hall–Kier alpha value is -1.66. The highest BCUT2D eigenvalue weighted by Gasteiger charge is 2.21. The lowest BCUT2D eigenvalue weighted by Gasteiger charge is -2.22. The van der Waals surface area contributed by atoms with E-state index in [0.717, 1.165) is 12.2 Å². The Balaban J connectivity index is 1.94. The molecule has 1 fully saturated rings. The van der Waals surface area contributed by atoms with Crippen LogP contribution in [0.25, 0.3) is 0 Å². The van der Waals surface area contributed by atoms with E-state index in [2.05, 4.69) is 15.6 Å². The normalized spacial score (nSPS) is 19.3. The third-order valence-electron chi connectivity index (χ3n) is 2.74. The number of morpholine rings is 1. The summed E-state index contributed by atoms with van der Waals surface area (Å²) in [6.07, 6.45) is 1.28. The molecule has 6 heteroatoms. The van der Waals surface area contributed by atoms with Crippen molar-refractivity contribution in [2.24, 2.45) is 0 Å². The molecule has 0 saturated carbocycles. The third-order valence-corrected chi connectivity index (χ3v) is 2.74. The summed E-state index contributed by atoms with van der Waals surface area (Å²) in [5.41, 5.74) is 0.989. The number of carbonyl (C=O) groups is 1. The van der Waals surface area contributed by atoms with Gasteiger partial charge in [-0.2, -0.15) is 0 Å². The molecule has 1 aliphatic heterocycles. The Morgan fingerprint density at radius 2 is 2.39 bits per heavy atom. The van der Waals surface area contributed by atoms with Gasteiger partial charge in [0.2, 0.25) is 0 Å². The molecule has 0 aromatic carbocycles. The van der Waals surface area contributed by atoms with Crippen LogP contribution in [0.15, 0.2) is 18.3 Å². The lowest BCUT2D eigenvalue weighted by atomic mass is 10.3. The van der Waals surface area contributed by atoms with Crippen LogP contribution in [0.3, 0.4) is 0 Å². The van der Waals surface area contributed by atoms with Crippen molar-refractivity contribution in [1.82, 2.24) is 10.3 Å². The van der Waals surface area contributed by atoms with E-state index >= 15 is 0 Å². The van der Waals surface area contributed by atoms with Crippen LogP contribution in [-0.4, -0.2) is 50.8 Å². The van der Waals surface area contributed by atoms with Gasteiger partial charge in [-0.25, -0.2) is 4.98 Å². The van der Waals surface area contributed by atoms with Gasteiger partial charge >= 0.3 is 0 Å². The number of ether oxygens (including phenoxy) is 1. The fourth-order valence-corrected chi connectivity index (χ4v) is 1.67. The zero-order valence-electron chi connectivity index (χ0n) is 10.6. The molecule has 1 unspecified atom stereocenters. The Bertz CT molecular complexity index is 399. The number of amides is 1. The van der Waals surface area contributed by atoms with Crippen molar-refractivity contribution >= 4 is 17.4 Å². The van der Waals surface area contributed by atoms with Gasteiger partial charge in [0.05, 0.1) is 18.5 Å². The van der Waals surface area contributed by atoms with Crippen LogP contribution >= 0.6 is 0 Å². The highest BCUT2D eigenvalue weighted by Crippen LogP contribution is 2.12. The first kappa shape index (κ1) is 12.8. The number of nitrogens with zero attached hydrogens (tertiary/aromatic N) is 2. The highest BCUT2D eigenvalue weighted by molar-refractivity contribution is 5.93. The van der Waals surface area contributed by atoms with Gasteiger partial charge in [-0.05, 0) is 12.1 Å². The second kappa shape index (κ2) is 5.79. The number of carbonyl (C=O) groups excluding carboxylic acids is 1. The van der Waals surface area contributed by atoms with Gasteiger partial charge < -0.3 is 20.3 Å². The lowest BCUT2D eigenvalue weighted by molar-refractivity contribution is -0.128. The first-order valence-corrected chi connectivity index (χ1v) is 5.93. The van der Waals surface area contributed by atoms with Gasteiger partial charge in [0.1, 0.15) is 11.9 Å². The molecule has 6 nitrogen and oxygen atoms in total. The molecule has 2 N–H and O–H groups in total. The fraction of sp³-hybridized carbons (Fsp3) is 0.500. The Kier molecular flexibility index (Phi) is 4.11. The number of pyridine rings is 1. The van der Waals surface area contributed by atoms with Crippen LogP contribution in [0.2, 0.25) is 0 Å². The molecule has 18 heavy (non-hydrogen) atoms. The first-order chi connectivity index (χ1) is 8.66. The summed E-state index contributed by atoms with van der Waals surface area (Å²) >= 11 is 0. The van der Waals surface area contributed by atoms with E-state index in [-0.39, 0.29) is 5.91 Å². The maximum absolute atomic E-state index is 11.9. The van der Waals surface area contributed by atoms with Crippen molar-refractivity contribution in [2.45, 2.75) is 6.10 Å². The lowest BCUT2D eigenvalue weighted by Crippen LogP contribution is -2.45. The molecule has 0 aliphatic carbocycles. The summed E-state index contributed by atoms with van der Waals surface area (Å²) in [6.45, 7) is 1.90. The first-order valence-electron chi connectivity index (χ1n) is 5.93. The number of rotatable bonds is 3. The second-order valence-corrected chi connectivity index (χ2v) is 4.35. The van der Waals surface area contributed by atoms with Crippen LogP contribution < -0.4 is 15.5 Å². The average Bonchev–Trinajstić information content (AvgIpc) is 2.40. The van der Waals surface area contributed by atoms with Gasteiger partial charge in [-0.3, -0.25) is 4.79 Å². The predicted molar refractivity (Wildman–Crippen MR) is 69.8 cm³/mol. The molecule has 2 heterocycles. The molecule has 1 aromatic heterocycles. The molecule has 0 spiro atoms. The van der Waals surface area contributed by atoms with Gasteiger partial charge in [0.15, 0.2) is 0 Å². The molecule has 1 aliphatic rings. The van der Waals surface area contributed by atoms with Crippen LogP contribution in [0, 0.1) is 0 Å². The van der Waals surface area contributed by atoms with E-state index in [1.165, 1.54) is 0 Å². The minimum absolute atomic E-state index is 0.160. The summed E-state index contributed by atoms with van der Waals surface area (Å²) in [5.74, 6) is 0.382. The van der Waals surface area contributed by atoms with Crippen molar-refractivity contribution in [3.63, 3.8) is 0 Å². The summed E-state index contributed by atoms with van der Waals surface area (Å²) in [4.78, 5) is 18.0. The predicted octanol–water partition coefficient (Wildman–Crippen LogP) is 0.0745. The van der Waals surface area contributed by atoms with Crippen molar-refractivity contribution in [3.05, 3.63) is 18.3 Å². The molecule has 1 aromatic rings. The molecule has 0 radical (unpaired) electrons. The fourth-order valence-electron chi connectivity index (χ4n) is 1.67. The van der Waals surface area contributed by atoms with Crippen molar-refractivity contribution in [1.29, 1.82) is 0 Å². The minimum atomic E-state index is -0.436. The van der Waals surface area contributed by atoms with Crippen LogP contribution in [-0.2, 0) is 9.53 Å². The highest BCUT2D eigenvalue weighted by atomic mass is 16.5. The number of nitrogens with one attached hydrogen (secondary N) is 2. The number of anilines is 2. The summed E-state index contributed by atoms with van der Waals surface area (Å²) in [5, 5.41) is 5.86. The molecule has 0 bridgehead atoms. The molecule has 1 amide bonds. The topological polar surface area (TPSA) is 66.5 Å². The Labute approximate surface area is 106 Å². The number of hydrogen-bond acceptors (Lipinski definition) is 5. The van der Waals surface area contributed by atoms with Gasteiger partial charge in [-0.15, -0.1) is 0 Å². The number of aromatic nitrogens is 1. The molecular weight excluding hydrogens is 232 g/mol. The molecule has 2 rings (SSSR count). The summed E-state index contributed by atoms with van der Waals surface area (Å²) < 4.78 is 5.36. The van der Waals surface area contributed by atoms with E-state index in [9.17, 15) is 4.79 Å². The van der Waals surface area contributed by atoms with Gasteiger partial charge in [0, 0.05) is 27.2 Å².